The molecule has 0 saturated carbocycles. The fourth-order valence-electron chi connectivity index (χ4n) is 3.31. The number of carboxylic acid groups (broad SMARTS) is 1. The van der Waals surface area contributed by atoms with Gasteiger partial charge in [-0.25, -0.2) is 8.78 Å². The molecular weight excluding hydrogens is 437 g/mol. The summed E-state index contributed by atoms with van der Waals surface area (Å²) in [7, 11) is 0. The van der Waals surface area contributed by atoms with Crippen LogP contribution in [0.25, 0.3) is 0 Å². The number of nitrogens with zero attached hydrogens (tertiary/aromatic N) is 2. The van der Waals surface area contributed by atoms with Crippen LogP contribution in [-0.2, 0) is 9.63 Å². The first kappa shape index (κ1) is 24.1. The molecule has 1 heterocycles. The Morgan fingerprint density at radius 1 is 1.23 bits per heavy atom. The molecule has 9 heteroatoms. The van der Waals surface area contributed by atoms with Gasteiger partial charge in [-0.2, -0.15) is 0 Å². The normalized spacial score (nSPS) is 17.3. The van der Waals surface area contributed by atoms with Crippen molar-refractivity contribution in [2.24, 2.45) is 11.1 Å². The van der Waals surface area contributed by atoms with E-state index in [9.17, 15) is 18.7 Å². The van der Waals surface area contributed by atoms with Crippen molar-refractivity contribution >= 4 is 35.7 Å². The van der Waals surface area contributed by atoms with E-state index < -0.39 is 17.6 Å². The maximum absolute atomic E-state index is 13.7. The lowest BCUT2D eigenvalue weighted by molar-refractivity contribution is -0.143. The molecule has 1 fully saturated rings. The van der Waals surface area contributed by atoms with E-state index >= 15 is 0 Å². The number of carboxylic acids is 1. The number of hydrogen-bond donors (Lipinski definition) is 1. The van der Waals surface area contributed by atoms with E-state index in [1.807, 2.05) is 4.90 Å². The summed E-state index contributed by atoms with van der Waals surface area (Å²) < 4.78 is 27.1. The first-order valence-electron chi connectivity index (χ1n) is 9.30. The Balaban J connectivity index is 0.00000320. The van der Waals surface area contributed by atoms with Crippen LogP contribution in [0.2, 0.25) is 5.02 Å². The number of hydrogen-bond acceptors (Lipinski definition) is 4. The van der Waals surface area contributed by atoms with Crippen molar-refractivity contribution in [3.63, 3.8) is 0 Å². The van der Waals surface area contributed by atoms with Crippen molar-refractivity contribution in [1.82, 2.24) is 4.90 Å². The highest BCUT2D eigenvalue weighted by atomic mass is 35.5. The van der Waals surface area contributed by atoms with Crippen molar-refractivity contribution in [2.45, 2.75) is 12.8 Å². The van der Waals surface area contributed by atoms with E-state index in [1.165, 1.54) is 30.3 Å². The number of likely N-dealkylation sites (tertiary alicyclic amines) is 1. The van der Waals surface area contributed by atoms with Gasteiger partial charge in [0, 0.05) is 24.2 Å². The summed E-state index contributed by atoms with van der Waals surface area (Å²) in [6.45, 7) is 2.02. The Hall–Kier alpha value is -2.22. The Labute approximate surface area is 184 Å². The lowest BCUT2D eigenvalue weighted by atomic mass is 9.98. The second kappa shape index (κ2) is 11.2. The predicted molar refractivity (Wildman–Crippen MR) is 113 cm³/mol. The summed E-state index contributed by atoms with van der Waals surface area (Å²) in [5, 5.41) is 13.4. The zero-order valence-electron chi connectivity index (χ0n) is 16.1. The molecule has 0 unspecified atom stereocenters. The molecular formula is C21H22Cl2F2N2O3. The topological polar surface area (TPSA) is 62.1 Å². The number of benzene rings is 2. The minimum atomic E-state index is -0.784. The Kier molecular flexibility index (Phi) is 9.02. The molecule has 1 saturated heterocycles. The van der Waals surface area contributed by atoms with Crippen molar-refractivity contribution in [3.05, 3.63) is 70.2 Å². The fourth-order valence-corrected chi connectivity index (χ4v) is 3.57. The lowest BCUT2D eigenvalue weighted by Gasteiger charge is -2.29. The largest absolute Gasteiger partial charge is 0.481 e. The molecule has 1 aliphatic rings. The standard InChI is InChI=1S/C21H21ClF2N2O3.ClH/c22-19-12-17(24)6-7-18(19)20(14-3-1-5-16(23)11-14)25-29-10-9-26-8-2-4-15(13-26)21(27)28;/h1,3,5-7,11-12,15H,2,4,8-10,13H2,(H,27,28);1H/b25-20+;/t15-;/m1./s1. The van der Waals surface area contributed by atoms with E-state index in [2.05, 4.69) is 5.16 Å². The van der Waals surface area contributed by atoms with Gasteiger partial charge in [-0.05, 0) is 49.7 Å². The van der Waals surface area contributed by atoms with Crippen LogP contribution in [0.3, 0.4) is 0 Å². The minimum Gasteiger partial charge on any atom is -0.481 e. The van der Waals surface area contributed by atoms with Crippen molar-refractivity contribution in [3.8, 4) is 0 Å². The van der Waals surface area contributed by atoms with Gasteiger partial charge in [0.2, 0.25) is 0 Å². The van der Waals surface area contributed by atoms with E-state index in [-0.39, 0.29) is 35.7 Å². The third-order valence-corrected chi connectivity index (χ3v) is 5.11. The summed E-state index contributed by atoms with van der Waals surface area (Å²) in [5.74, 6) is -2.08. The smallest absolute Gasteiger partial charge is 0.307 e. The summed E-state index contributed by atoms with van der Waals surface area (Å²) in [6.07, 6.45) is 1.50. The number of rotatable bonds is 7. The average molecular weight is 459 g/mol. The maximum Gasteiger partial charge on any atom is 0.307 e. The Bertz CT molecular complexity index is 912. The van der Waals surface area contributed by atoms with Crippen LogP contribution in [0.15, 0.2) is 47.6 Å². The molecule has 2 aromatic carbocycles. The lowest BCUT2D eigenvalue weighted by Crippen LogP contribution is -2.40. The number of halogens is 4. The van der Waals surface area contributed by atoms with Gasteiger partial charge in [0.15, 0.2) is 0 Å². The number of oxime groups is 1. The van der Waals surface area contributed by atoms with Crippen LogP contribution < -0.4 is 0 Å². The van der Waals surface area contributed by atoms with Crippen molar-refractivity contribution in [1.29, 1.82) is 0 Å². The molecule has 0 amide bonds. The molecule has 0 bridgehead atoms. The summed E-state index contributed by atoms with van der Waals surface area (Å²) in [5.41, 5.74) is 1.15. The minimum absolute atomic E-state index is 0. The van der Waals surface area contributed by atoms with Crippen LogP contribution in [0, 0.1) is 17.6 Å². The van der Waals surface area contributed by atoms with Gasteiger partial charge < -0.3 is 9.94 Å². The fraction of sp³-hybridized carbons (Fsp3) is 0.333. The van der Waals surface area contributed by atoms with Gasteiger partial charge in [0.05, 0.1) is 10.9 Å². The van der Waals surface area contributed by atoms with Crippen LogP contribution >= 0.6 is 24.0 Å². The summed E-state index contributed by atoms with van der Waals surface area (Å²) in [6, 6.07) is 9.67. The van der Waals surface area contributed by atoms with Gasteiger partial charge in [-0.1, -0.05) is 28.9 Å². The van der Waals surface area contributed by atoms with E-state index in [0.717, 1.165) is 19.0 Å². The second-order valence-corrected chi connectivity index (χ2v) is 7.29. The highest BCUT2D eigenvalue weighted by Gasteiger charge is 2.25. The molecule has 0 aromatic heterocycles. The molecule has 1 atom stereocenters. The highest BCUT2D eigenvalue weighted by molar-refractivity contribution is 6.35. The van der Waals surface area contributed by atoms with E-state index in [4.69, 9.17) is 16.4 Å². The molecule has 1 N–H and O–H groups in total. The zero-order valence-corrected chi connectivity index (χ0v) is 17.6. The Morgan fingerprint density at radius 3 is 2.70 bits per heavy atom. The number of aliphatic carboxylic acids is 1. The predicted octanol–water partition coefficient (Wildman–Crippen LogP) is 4.61. The quantitative estimate of drug-likeness (QED) is 0.374. The Morgan fingerprint density at radius 2 is 2.00 bits per heavy atom. The number of piperidine rings is 1. The SMILES string of the molecule is Cl.O=C(O)[C@@H]1CCCN(CCO/N=C(\c2cccc(F)c2)c2ccc(F)cc2Cl)C1. The number of carbonyl (C=O) groups is 1. The van der Waals surface area contributed by atoms with Gasteiger partial charge in [0.1, 0.15) is 24.0 Å². The molecule has 0 radical (unpaired) electrons. The van der Waals surface area contributed by atoms with Crippen LogP contribution in [0.4, 0.5) is 8.78 Å². The monoisotopic (exact) mass is 458 g/mol. The van der Waals surface area contributed by atoms with Gasteiger partial charge in [-0.15, -0.1) is 12.4 Å². The molecule has 162 valence electrons. The molecule has 2 aromatic rings. The molecule has 30 heavy (non-hydrogen) atoms. The zero-order chi connectivity index (χ0) is 20.8. The van der Waals surface area contributed by atoms with Crippen LogP contribution in [0.5, 0.6) is 0 Å². The second-order valence-electron chi connectivity index (χ2n) is 6.89. The van der Waals surface area contributed by atoms with Gasteiger partial charge in [-0.3, -0.25) is 9.69 Å². The van der Waals surface area contributed by atoms with E-state index in [1.54, 1.807) is 6.07 Å². The van der Waals surface area contributed by atoms with Gasteiger partial charge in [0.25, 0.3) is 0 Å². The molecule has 1 aliphatic heterocycles. The van der Waals surface area contributed by atoms with Gasteiger partial charge >= 0.3 is 5.97 Å². The molecule has 0 spiro atoms. The maximum atomic E-state index is 13.7. The van der Waals surface area contributed by atoms with Crippen molar-refractivity contribution < 1.29 is 23.5 Å². The first-order valence-corrected chi connectivity index (χ1v) is 9.68. The average Bonchev–Trinajstić information content (AvgIpc) is 2.69. The third kappa shape index (κ3) is 6.39. The molecule has 5 nitrogen and oxygen atoms in total. The molecule has 0 aliphatic carbocycles. The summed E-state index contributed by atoms with van der Waals surface area (Å²) in [4.78, 5) is 18.6. The highest BCUT2D eigenvalue weighted by Crippen LogP contribution is 2.22. The molecule has 3 rings (SSSR count). The third-order valence-electron chi connectivity index (χ3n) is 4.79. The summed E-state index contributed by atoms with van der Waals surface area (Å²) >= 11 is 6.16. The first-order chi connectivity index (χ1) is 13.9. The van der Waals surface area contributed by atoms with Crippen LogP contribution in [-0.4, -0.2) is 47.9 Å². The van der Waals surface area contributed by atoms with Crippen molar-refractivity contribution in [2.75, 3.05) is 26.2 Å². The van der Waals surface area contributed by atoms with Crippen LogP contribution in [0.1, 0.15) is 24.0 Å². The van der Waals surface area contributed by atoms with E-state index in [0.29, 0.717) is 30.6 Å².